The summed E-state index contributed by atoms with van der Waals surface area (Å²) in [6, 6.07) is 0. The number of hydrogen-bond donors (Lipinski definition) is 2. The van der Waals surface area contributed by atoms with Gasteiger partial charge in [-0.25, -0.2) is 0 Å². The standard InChI is InChI=1S/C25H50FNO3/c1-2-3-4-5-8-12-17-24(18-13-9-6-7-10-15-20-26)30-25(29)19-14-11-16-21-27-22-23-28/h24,27-28H,2-23H2,1H3. The van der Waals surface area contributed by atoms with E-state index in [1.807, 2.05) is 0 Å². The highest BCUT2D eigenvalue weighted by Gasteiger charge is 2.14. The van der Waals surface area contributed by atoms with Crippen molar-refractivity contribution in [3.8, 4) is 0 Å². The fourth-order valence-corrected chi connectivity index (χ4v) is 3.73. The molecule has 0 fully saturated rings. The lowest BCUT2D eigenvalue weighted by molar-refractivity contribution is -0.150. The average molecular weight is 432 g/mol. The highest BCUT2D eigenvalue weighted by molar-refractivity contribution is 5.69. The molecule has 0 aliphatic carbocycles. The monoisotopic (exact) mass is 431 g/mol. The van der Waals surface area contributed by atoms with Crippen molar-refractivity contribution >= 4 is 5.97 Å². The lowest BCUT2D eigenvalue weighted by Crippen LogP contribution is -2.20. The quantitative estimate of drug-likeness (QED) is 0.135. The fraction of sp³-hybridized carbons (Fsp3) is 0.960. The summed E-state index contributed by atoms with van der Waals surface area (Å²) in [4.78, 5) is 12.3. The molecule has 30 heavy (non-hydrogen) atoms. The Hall–Kier alpha value is -0.680. The molecular weight excluding hydrogens is 381 g/mol. The van der Waals surface area contributed by atoms with Gasteiger partial charge in [0, 0.05) is 13.0 Å². The first kappa shape index (κ1) is 29.3. The van der Waals surface area contributed by atoms with E-state index in [0.29, 0.717) is 19.4 Å². The Morgan fingerprint density at radius 1 is 0.800 bits per heavy atom. The second kappa shape index (κ2) is 24.6. The number of aliphatic hydroxyl groups excluding tert-OH is 1. The molecule has 0 aromatic carbocycles. The first-order valence-corrected chi connectivity index (χ1v) is 12.8. The number of esters is 1. The van der Waals surface area contributed by atoms with E-state index in [2.05, 4.69) is 12.2 Å². The molecule has 180 valence electrons. The van der Waals surface area contributed by atoms with Gasteiger partial charge in [-0.05, 0) is 51.5 Å². The topological polar surface area (TPSA) is 58.6 Å². The first-order valence-electron chi connectivity index (χ1n) is 12.8. The van der Waals surface area contributed by atoms with Crippen molar-refractivity contribution in [3.05, 3.63) is 0 Å². The lowest BCUT2D eigenvalue weighted by atomic mass is 10.0. The third kappa shape index (κ3) is 22.0. The van der Waals surface area contributed by atoms with Crippen LogP contribution in [0.3, 0.4) is 0 Å². The smallest absolute Gasteiger partial charge is 0.306 e. The molecule has 0 aliphatic heterocycles. The minimum atomic E-state index is -0.199. The predicted octanol–water partition coefficient (Wildman–Crippen LogP) is 6.49. The van der Waals surface area contributed by atoms with Crippen LogP contribution in [0.15, 0.2) is 0 Å². The van der Waals surface area contributed by atoms with Gasteiger partial charge in [0.2, 0.25) is 0 Å². The number of alkyl halides is 1. The second-order valence-electron chi connectivity index (χ2n) is 8.55. The number of halogens is 1. The van der Waals surface area contributed by atoms with Gasteiger partial charge < -0.3 is 15.2 Å². The number of unbranched alkanes of at least 4 members (excludes halogenated alkanes) is 12. The summed E-state index contributed by atoms with van der Waals surface area (Å²) in [5.41, 5.74) is 0. The van der Waals surface area contributed by atoms with Crippen molar-refractivity contribution in [1.29, 1.82) is 0 Å². The Bertz CT molecular complexity index is 355. The van der Waals surface area contributed by atoms with Crippen LogP contribution < -0.4 is 5.32 Å². The molecule has 4 nitrogen and oxygen atoms in total. The summed E-state index contributed by atoms with van der Waals surface area (Å²) in [7, 11) is 0. The van der Waals surface area contributed by atoms with E-state index in [4.69, 9.17) is 9.84 Å². The second-order valence-corrected chi connectivity index (χ2v) is 8.55. The van der Waals surface area contributed by atoms with Crippen LogP contribution >= 0.6 is 0 Å². The third-order valence-corrected chi connectivity index (χ3v) is 5.61. The normalized spacial score (nSPS) is 12.2. The molecule has 0 aliphatic rings. The van der Waals surface area contributed by atoms with Gasteiger partial charge in [-0.3, -0.25) is 9.18 Å². The molecule has 0 amide bonds. The van der Waals surface area contributed by atoms with Crippen molar-refractivity contribution in [2.75, 3.05) is 26.4 Å². The molecular formula is C25H50FNO3. The molecule has 0 saturated heterocycles. The van der Waals surface area contributed by atoms with Crippen LogP contribution in [0.4, 0.5) is 4.39 Å². The molecule has 0 spiro atoms. The zero-order chi connectivity index (χ0) is 22.1. The Balaban J connectivity index is 3.99. The Morgan fingerprint density at radius 2 is 1.37 bits per heavy atom. The molecule has 1 atom stereocenters. The van der Waals surface area contributed by atoms with Gasteiger partial charge in [-0.15, -0.1) is 0 Å². The van der Waals surface area contributed by atoms with Gasteiger partial charge in [-0.2, -0.15) is 0 Å². The van der Waals surface area contributed by atoms with Crippen molar-refractivity contribution in [1.82, 2.24) is 5.32 Å². The van der Waals surface area contributed by atoms with Crippen LogP contribution in [-0.4, -0.2) is 43.6 Å². The van der Waals surface area contributed by atoms with E-state index in [-0.39, 0.29) is 25.4 Å². The first-order chi connectivity index (χ1) is 14.7. The minimum absolute atomic E-state index is 0.0442. The van der Waals surface area contributed by atoms with Gasteiger partial charge in [0.25, 0.3) is 0 Å². The highest BCUT2D eigenvalue weighted by atomic mass is 19.1. The van der Waals surface area contributed by atoms with Crippen molar-refractivity contribution in [3.63, 3.8) is 0 Å². The maximum Gasteiger partial charge on any atom is 0.306 e. The highest BCUT2D eigenvalue weighted by Crippen LogP contribution is 2.18. The summed E-state index contributed by atoms with van der Waals surface area (Å²) in [6.45, 7) is 3.73. The molecule has 0 aromatic heterocycles. The maximum atomic E-state index is 12.3. The van der Waals surface area contributed by atoms with Crippen LogP contribution in [0.5, 0.6) is 0 Å². The minimum Gasteiger partial charge on any atom is -0.462 e. The van der Waals surface area contributed by atoms with E-state index in [1.54, 1.807) is 0 Å². The van der Waals surface area contributed by atoms with Gasteiger partial charge in [0.15, 0.2) is 0 Å². The summed E-state index contributed by atoms with van der Waals surface area (Å²) in [5, 5.41) is 11.9. The van der Waals surface area contributed by atoms with E-state index in [0.717, 1.165) is 77.2 Å². The number of rotatable bonds is 24. The molecule has 0 aromatic rings. The Labute approximate surface area is 185 Å². The van der Waals surface area contributed by atoms with Gasteiger partial charge in [0.05, 0.1) is 13.3 Å². The number of aliphatic hydroxyl groups is 1. The van der Waals surface area contributed by atoms with E-state index < -0.39 is 0 Å². The number of hydrogen-bond acceptors (Lipinski definition) is 4. The molecule has 5 heteroatoms. The summed E-state index contributed by atoms with van der Waals surface area (Å²) >= 11 is 0. The average Bonchev–Trinajstić information content (AvgIpc) is 2.74. The number of carbonyl (C=O) groups excluding carboxylic acids is 1. The van der Waals surface area contributed by atoms with Crippen molar-refractivity contribution in [2.24, 2.45) is 0 Å². The van der Waals surface area contributed by atoms with E-state index in [1.165, 1.54) is 32.1 Å². The number of nitrogens with one attached hydrogen (secondary N) is 1. The van der Waals surface area contributed by atoms with Gasteiger partial charge in [-0.1, -0.05) is 71.1 Å². The van der Waals surface area contributed by atoms with Gasteiger partial charge >= 0.3 is 5.97 Å². The molecule has 0 rings (SSSR count). The van der Waals surface area contributed by atoms with Crippen LogP contribution in [0.2, 0.25) is 0 Å². The van der Waals surface area contributed by atoms with Crippen molar-refractivity contribution < 1.29 is 19.0 Å². The van der Waals surface area contributed by atoms with Crippen molar-refractivity contribution in [2.45, 2.75) is 129 Å². The van der Waals surface area contributed by atoms with E-state index in [9.17, 15) is 9.18 Å². The SMILES string of the molecule is CCCCCCCCC(CCCCCCCCF)OC(=O)CCCCCNCCO. The van der Waals surface area contributed by atoms with E-state index >= 15 is 0 Å². The van der Waals surface area contributed by atoms with Crippen LogP contribution in [0.1, 0.15) is 122 Å². The zero-order valence-corrected chi connectivity index (χ0v) is 19.8. The van der Waals surface area contributed by atoms with Gasteiger partial charge in [0.1, 0.15) is 6.10 Å². The summed E-state index contributed by atoms with van der Waals surface area (Å²) < 4.78 is 18.0. The van der Waals surface area contributed by atoms with Crippen LogP contribution in [-0.2, 0) is 9.53 Å². The molecule has 0 radical (unpaired) electrons. The Morgan fingerprint density at radius 3 is 1.97 bits per heavy atom. The number of carbonyl (C=O) groups is 1. The largest absolute Gasteiger partial charge is 0.462 e. The molecule has 2 N–H and O–H groups in total. The number of ether oxygens (including phenoxy) is 1. The fourth-order valence-electron chi connectivity index (χ4n) is 3.73. The summed E-state index contributed by atoms with van der Waals surface area (Å²) in [6.07, 6.45) is 19.2. The molecule has 0 heterocycles. The molecule has 1 unspecified atom stereocenters. The Kier molecular flexibility index (Phi) is 24.0. The maximum absolute atomic E-state index is 12.3. The summed E-state index contributed by atoms with van der Waals surface area (Å²) in [5.74, 6) is -0.0442. The zero-order valence-electron chi connectivity index (χ0n) is 19.8. The molecule has 0 saturated carbocycles. The lowest BCUT2D eigenvalue weighted by Gasteiger charge is -2.18. The molecule has 0 bridgehead atoms. The van der Waals surface area contributed by atoms with Crippen LogP contribution in [0, 0.1) is 0 Å². The predicted molar refractivity (Wildman–Crippen MR) is 125 cm³/mol. The third-order valence-electron chi connectivity index (χ3n) is 5.61. The van der Waals surface area contributed by atoms with Crippen LogP contribution in [0.25, 0.3) is 0 Å².